The molecule has 3 N–H and O–H groups in total. The van der Waals surface area contributed by atoms with Crippen molar-refractivity contribution >= 4 is 22.9 Å². The number of rotatable bonds is 4. The first-order valence-electron chi connectivity index (χ1n) is 9.56. The lowest BCUT2D eigenvalue weighted by atomic mass is 10.1. The summed E-state index contributed by atoms with van der Waals surface area (Å²) in [6.07, 6.45) is 12.3. The minimum atomic E-state index is -0.0631. The molecule has 1 saturated carbocycles. The smallest absolute Gasteiger partial charge is 0.261 e. The summed E-state index contributed by atoms with van der Waals surface area (Å²) in [5, 5.41) is 13.7. The summed E-state index contributed by atoms with van der Waals surface area (Å²) in [6, 6.07) is 2.02. The topological polar surface area (TPSA) is 103 Å². The van der Waals surface area contributed by atoms with Crippen molar-refractivity contribution in [3.63, 3.8) is 0 Å². The van der Waals surface area contributed by atoms with Crippen LogP contribution in [0.1, 0.15) is 28.9 Å². The third-order valence-corrected chi connectivity index (χ3v) is 6.34. The van der Waals surface area contributed by atoms with Crippen LogP contribution in [0.3, 0.4) is 0 Å². The van der Waals surface area contributed by atoms with Gasteiger partial charge in [0.1, 0.15) is 0 Å². The first-order chi connectivity index (χ1) is 14.1. The van der Waals surface area contributed by atoms with Gasteiger partial charge in [0.25, 0.3) is 5.91 Å². The maximum absolute atomic E-state index is 12.6. The molecule has 1 amide bonds. The molecule has 1 aliphatic rings. The van der Waals surface area contributed by atoms with E-state index in [9.17, 15) is 4.79 Å². The number of nitrogens with two attached hydrogens (primary N) is 1. The van der Waals surface area contributed by atoms with Crippen LogP contribution in [-0.2, 0) is 7.05 Å². The van der Waals surface area contributed by atoms with Gasteiger partial charge < -0.3 is 11.1 Å². The Labute approximate surface area is 171 Å². The number of hydrogen-bond donors (Lipinski definition) is 2. The molecule has 0 aliphatic heterocycles. The molecule has 2 atom stereocenters. The number of amides is 1. The van der Waals surface area contributed by atoms with Crippen molar-refractivity contribution < 1.29 is 4.79 Å². The summed E-state index contributed by atoms with van der Waals surface area (Å²) in [5.41, 5.74) is 10.6. The summed E-state index contributed by atoms with van der Waals surface area (Å²) in [7, 11) is 1.88. The van der Waals surface area contributed by atoms with E-state index >= 15 is 0 Å². The molecule has 1 fully saturated rings. The zero-order valence-corrected chi connectivity index (χ0v) is 16.8. The second-order valence-corrected chi connectivity index (χ2v) is 8.36. The molecule has 0 radical (unpaired) electrons. The Balaban J connectivity index is 1.40. The van der Waals surface area contributed by atoms with Gasteiger partial charge in [0.15, 0.2) is 5.65 Å². The van der Waals surface area contributed by atoms with Gasteiger partial charge in [-0.15, -0.1) is 11.3 Å². The van der Waals surface area contributed by atoms with Crippen molar-refractivity contribution in [3.8, 4) is 22.3 Å². The molecule has 1 aliphatic carbocycles. The number of carbonyl (C=O) groups excluding carboxylic acids is 1. The Hall–Kier alpha value is -3.04. The van der Waals surface area contributed by atoms with Crippen LogP contribution in [0.4, 0.5) is 0 Å². The average Bonchev–Trinajstić information content (AvgIpc) is 3.48. The quantitative estimate of drug-likeness (QED) is 0.541. The van der Waals surface area contributed by atoms with E-state index in [1.165, 1.54) is 11.3 Å². The predicted molar refractivity (Wildman–Crippen MR) is 112 cm³/mol. The van der Waals surface area contributed by atoms with Crippen LogP contribution in [0.15, 0.2) is 42.4 Å². The van der Waals surface area contributed by atoms with Gasteiger partial charge >= 0.3 is 0 Å². The van der Waals surface area contributed by atoms with Crippen molar-refractivity contribution in [1.29, 1.82) is 0 Å². The molecule has 9 heteroatoms. The highest BCUT2D eigenvalue weighted by molar-refractivity contribution is 7.12. The maximum atomic E-state index is 12.6. The van der Waals surface area contributed by atoms with Crippen LogP contribution in [0.25, 0.3) is 27.9 Å². The van der Waals surface area contributed by atoms with Crippen LogP contribution < -0.4 is 11.1 Å². The minimum absolute atomic E-state index is 0.0520. The molecule has 29 heavy (non-hydrogen) atoms. The number of fused-ring (bicyclic) bond motifs is 1. The van der Waals surface area contributed by atoms with Crippen LogP contribution in [-0.4, -0.2) is 42.4 Å². The highest BCUT2D eigenvalue weighted by Gasteiger charge is 2.26. The molecule has 5 rings (SSSR count). The van der Waals surface area contributed by atoms with Crippen molar-refractivity contribution in [1.82, 2.24) is 29.7 Å². The summed E-state index contributed by atoms with van der Waals surface area (Å²) >= 11 is 1.42. The first kappa shape index (κ1) is 18.0. The molecule has 0 aromatic carbocycles. The van der Waals surface area contributed by atoms with E-state index in [0.717, 1.165) is 47.2 Å². The molecule has 0 saturated heterocycles. The minimum Gasteiger partial charge on any atom is -0.347 e. The Morgan fingerprint density at radius 1 is 1.17 bits per heavy atom. The van der Waals surface area contributed by atoms with Crippen LogP contribution in [0, 0.1) is 0 Å². The molecule has 0 unspecified atom stereocenters. The monoisotopic (exact) mass is 407 g/mol. The SMILES string of the molecule is Cn1cc(-c2cnc3c(-c4csc(C(=O)N[C@@H]5CCC[C@H]5N)c4)cnn3c2)cn1. The van der Waals surface area contributed by atoms with E-state index in [2.05, 4.69) is 20.5 Å². The predicted octanol–water partition coefficient (Wildman–Crippen LogP) is 2.47. The molecular formula is C20H21N7OS. The summed E-state index contributed by atoms with van der Waals surface area (Å²) < 4.78 is 3.51. The van der Waals surface area contributed by atoms with Crippen molar-refractivity contribution in [3.05, 3.63) is 47.3 Å². The first-order valence-corrected chi connectivity index (χ1v) is 10.4. The number of aryl methyl sites for hydroxylation is 1. The van der Waals surface area contributed by atoms with Gasteiger partial charge in [-0.2, -0.15) is 10.2 Å². The third kappa shape index (κ3) is 3.32. The van der Waals surface area contributed by atoms with Crippen LogP contribution >= 0.6 is 11.3 Å². The molecular weight excluding hydrogens is 386 g/mol. The molecule has 0 spiro atoms. The highest BCUT2D eigenvalue weighted by atomic mass is 32.1. The fourth-order valence-electron chi connectivity index (χ4n) is 3.80. The zero-order valence-electron chi connectivity index (χ0n) is 15.9. The highest BCUT2D eigenvalue weighted by Crippen LogP contribution is 2.29. The van der Waals surface area contributed by atoms with E-state index < -0.39 is 0 Å². The van der Waals surface area contributed by atoms with Gasteiger partial charge in [0.2, 0.25) is 0 Å². The van der Waals surface area contributed by atoms with E-state index in [4.69, 9.17) is 5.73 Å². The van der Waals surface area contributed by atoms with E-state index in [0.29, 0.717) is 4.88 Å². The lowest BCUT2D eigenvalue weighted by Gasteiger charge is -2.16. The Morgan fingerprint density at radius 2 is 2.03 bits per heavy atom. The fourth-order valence-corrected chi connectivity index (χ4v) is 4.61. The number of nitrogens with one attached hydrogen (secondary N) is 1. The largest absolute Gasteiger partial charge is 0.347 e. The average molecular weight is 408 g/mol. The fraction of sp³-hybridized carbons (Fsp3) is 0.300. The Kier molecular flexibility index (Phi) is 4.40. The van der Waals surface area contributed by atoms with E-state index in [1.807, 2.05) is 37.1 Å². The van der Waals surface area contributed by atoms with E-state index in [1.54, 1.807) is 21.6 Å². The second-order valence-electron chi connectivity index (χ2n) is 7.45. The van der Waals surface area contributed by atoms with Crippen molar-refractivity contribution in [2.45, 2.75) is 31.3 Å². The number of nitrogens with zero attached hydrogens (tertiary/aromatic N) is 5. The lowest BCUT2D eigenvalue weighted by Crippen LogP contribution is -2.43. The van der Waals surface area contributed by atoms with Crippen molar-refractivity contribution in [2.75, 3.05) is 0 Å². The van der Waals surface area contributed by atoms with Crippen LogP contribution in [0.2, 0.25) is 0 Å². The van der Waals surface area contributed by atoms with Gasteiger partial charge in [0.05, 0.1) is 17.3 Å². The molecule has 4 aromatic heterocycles. The number of aromatic nitrogens is 5. The summed E-state index contributed by atoms with van der Waals surface area (Å²) in [4.78, 5) is 17.9. The summed E-state index contributed by atoms with van der Waals surface area (Å²) in [6.45, 7) is 0. The maximum Gasteiger partial charge on any atom is 0.261 e. The van der Waals surface area contributed by atoms with Crippen molar-refractivity contribution in [2.24, 2.45) is 12.8 Å². The molecule has 148 valence electrons. The molecule has 0 bridgehead atoms. The van der Waals surface area contributed by atoms with Gasteiger partial charge in [-0.05, 0) is 36.3 Å². The second kappa shape index (κ2) is 7.09. The Morgan fingerprint density at radius 3 is 2.79 bits per heavy atom. The molecule has 8 nitrogen and oxygen atoms in total. The van der Waals surface area contributed by atoms with Gasteiger partial charge in [0, 0.05) is 54.4 Å². The van der Waals surface area contributed by atoms with Crippen LogP contribution in [0.5, 0.6) is 0 Å². The number of hydrogen-bond acceptors (Lipinski definition) is 6. The normalized spacial score (nSPS) is 19.1. The summed E-state index contributed by atoms with van der Waals surface area (Å²) in [5.74, 6) is -0.0631. The molecule has 4 aromatic rings. The third-order valence-electron chi connectivity index (χ3n) is 5.41. The van der Waals surface area contributed by atoms with Gasteiger partial charge in [-0.25, -0.2) is 9.50 Å². The number of carbonyl (C=O) groups is 1. The van der Waals surface area contributed by atoms with Gasteiger partial charge in [-0.3, -0.25) is 9.48 Å². The zero-order chi connectivity index (χ0) is 20.0. The lowest BCUT2D eigenvalue weighted by molar-refractivity contribution is 0.0938. The van der Waals surface area contributed by atoms with Gasteiger partial charge in [-0.1, -0.05) is 0 Å². The van der Waals surface area contributed by atoms with E-state index in [-0.39, 0.29) is 18.0 Å². The Bertz CT molecular complexity index is 1190. The number of thiophene rings is 1. The molecule has 4 heterocycles. The standard InChI is InChI=1S/C20H21N7OS/c1-26-9-14(7-23-26)13-6-22-19-15(8-24-27(19)10-13)12-5-18(29-11-12)20(28)25-17-4-2-3-16(17)21/h5-11,16-17H,2-4,21H2,1H3,(H,25,28)/t16-,17-/m1/s1.